The number of ether oxygens (including phenoxy) is 1. The van der Waals surface area contributed by atoms with Gasteiger partial charge in [-0.15, -0.1) is 12.6 Å². The first-order valence-electron chi connectivity index (χ1n) is 3.13. The van der Waals surface area contributed by atoms with Crippen molar-refractivity contribution in [1.82, 2.24) is 0 Å². The van der Waals surface area contributed by atoms with Crippen LogP contribution in [0.25, 0.3) is 0 Å². The molecular weight excluding hydrogens is 208 g/mol. The monoisotopic (exact) mass is 212 g/mol. The number of hydrogen-bond acceptors (Lipinski definition) is 2. The van der Waals surface area contributed by atoms with Gasteiger partial charge in [-0.25, -0.2) is 8.78 Å². The molecule has 1 nitrogen and oxygen atoms in total. The summed E-state index contributed by atoms with van der Waals surface area (Å²) in [5.74, 6) is -2.82. The fraction of sp³-hybridized carbons (Fsp3) is 0.143. The standard InChI is InChI=1S/C7H4F4OS/c8-3-2-6(13)4(9)1-5(3)12-7(10)11/h1-2,7,13H. The van der Waals surface area contributed by atoms with Gasteiger partial charge in [-0.05, 0) is 6.07 Å². The molecule has 6 heteroatoms. The third kappa shape index (κ3) is 2.51. The largest absolute Gasteiger partial charge is 0.432 e. The van der Waals surface area contributed by atoms with Crippen LogP contribution in [-0.2, 0) is 0 Å². The predicted molar refractivity (Wildman–Crippen MR) is 40.2 cm³/mol. The van der Waals surface area contributed by atoms with E-state index in [-0.39, 0.29) is 4.90 Å². The molecule has 0 aromatic heterocycles. The Morgan fingerprint density at radius 1 is 1.15 bits per heavy atom. The third-order valence-corrected chi connectivity index (χ3v) is 1.56. The van der Waals surface area contributed by atoms with Gasteiger partial charge < -0.3 is 4.74 Å². The van der Waals surface area contributed by atoms with Gasteiger partial charge in [0.25, 0.3) is 0 Å². The van der Waals surface area contributed by atoms with E-state index in [0.29, 0.717) is 12.1 Å². The van der Waals surface area contributed by atoms with Crippen molar-refractivity contribution in [2.75, 3.05) is 0 Å². The zero-order valence-corrected chi connectivity index (χ0v) is 6.99. The summed E-state index contributed by atoms with van der Waals surface area (Å²) in [5.41, 5.74) is 0. The fourth-order valence-corrected chi connectivity index (χ4v) is 0.882. The van der Waals surface area contributed by atoms with E-state index in [1.807, 2.05) is 0 Å². The molecule has 0 fully saturated rings. The number of benzene rings is 1. The normalized spacial score (nSPS) is 10.6. The van der Waals surface area contributed by atoms with Crippen molar-refractivity contribution in [2.24, 2.45) is 0 Å². The van der Waals surface area contributed by atoms with Crippen LogP contribution in [0.3, 0.4) is 0 Å². The molecule has 0 N–H and O–H groups in total. The molecule has 0 aliphatic rings. The van der Waals surface area contributed by atoms with Crippen LogP contribution in [0.5, 0.6) is 5.75 Å². The smallest absolute Gasteiger partial charge is 0.387 e. The summed E-state index contributed by atoms with van der Waals surface area (Å²) in [4.78, 5) is -0.265. The Bertz CT molecular complexity index is 316. The van der Waals surface area contributed by atoms with E-state index in [9.17, 15) is 17.6 Å². The quantitative estimate of drug-likeness (QED) is 0.585. The molecule has 0 heterocycles. The van der Waals surface area contributed by atoms with Gasteiger partial charge in [0.1, 0.15) is 5.82 Å². The van der Waals surface area contributed by atoms with Gasteiger partial charge in [-0.2, -0.15) is 8.78 Å². The first-order valence-corrected chi connectivity index (χ1v) is 3.58. The van der Waals surface area contributed by atoms with E-state index in [4.69, 9.17) is 0 Å². The highest BCUT2D eigenvalue weighted by Crippen LogP contribution is 2.24. The summed E-state index contributed by atoms with van der Waals surface area (Å²) in [7, 11) is 0. The lowest BCUT2D eigenvalue weighted by Gasteiger charge is -2.06. The second kappa shape index (κ2) is 3.87. The second-order valence-electron chi connectivity index (χ2n) is 2.11. The maximum absolute atomic E-state index is 12.7. The van der Waals surface area contributed by atoms with Crippen LogP contribution in [0.4, 0.5) is 17.6 Å². The van der Waals surface area contributed by atoms with Gasteiger partial charge in [0.05, 0.1) is 0 Å². The number of hydrogen-bond donors (Lipinski definition) is 1. The predicted octanol–water partition coefficient (Wildman–Crippen LogP) is 2.85. The minimum absolute atomic E-state index is 0.265. The van der Waals surface area contributed by atoms with Crippen molar-refractivity contribution in [3.63, 3.8) is 0 Å². The summed E-state index contributed by atoms with van der Waals surface area (Å²) < 4.78 is 52.3. The zero-order chi connectivity index (χ0) is 10.0. The summed E-state index contributed by atoms with van der Waals surface area (Å²) in [6, 6.07) is 1.18. The van der Waals surface area contributed by atoms with Gasteiger partial charge in [-0.1, -0.05) is 0 Å². The summed E-state index contributed by atoms with van der Waals surface area (Å²) in [6.07, 6.45) is 0. The van der Waals surface area contributed by atoms with Crippen molar-refractivity contribution >= 4 is 12.6 Å². The summed E-state index contributed by atoms with van der Waals surface area (Å²) in [6.45, 7) is -3.18. The van der Waals surface area contributed by atoms with Crippen LogP contribution in [0.2, 0.25) is 0 Å². The number of alkyl halides is 2. The molecule has 0 amide bonds. The first-order chi connectivity index (χ1) is 6.00. The molecule has 0 aliphatic heterocycles. The molecule has 0 bridgehead atoms. The molecule has 0 saturated carbocycles. The minimum atomic E-state index is -3.18. The zero-order valence-electron chi connectivity index (χ0n) is 6.10. The fourth-order valence-electron chi connectivity index (χ4n) is 0.704. The molecule has 72 valence electrons. The molecule has 1 rings (SSSR count). The van der Waals surface area contributed by atoms with Gasteiger partial charge >= 0.3 is 6.61 Å². The Hall–Kier alpha value is -0.910. The molecule has 0 saturated heterocycles. The van der Waals surface area contributed by atoms with Gasteiger partial charge in [-0.3, -0.25) is 0 Å². The van der Waals surface area contributed by atoms with Crippen molar-refractivity contribution in [3.05, 3.63) is 23.8 Å². The Morgan fingerprint density at radius 2 is 1.77 bits per heavy atom. The van der Waals surface area contributed by atoms with Crippen molar-refractivity contribution in [2.45, 2.75) is 11.5 Å². The third-order valence-electron chi connectivity index (χ3n) is 1.22. The molecule has 0 atom stereocenters. The first kappa shape index (κ1) is 10.2. The molecule has 13 heavy (non-hydrogen) atoms. The molecule has 1 aromatic carbocycles. The highest BCUT2D eigenvalue weighted by Gasteiger charge is 2.12. The Kier molecular flexibility index (Phi) is 3.02. The lowest BCUT2D eigenvalue weighted by Crippen LogP contribution is -2.04. The SMILES string of the molecule is Fc1cc(OC(F)F)c(F)cc1S. The van der Waals surface area contributed by atoms with Gasteiger partial charge in [0, 0.05) is 11.0 Å². The number of rotatable bonds is 2. The highest BCUT2D eigenvalue weighted by atomic mass is 32.1. The van der Waals surface area contributed by atoms with Crippen molar-refractivity contribution in [1.29, 1.82) is 0 Å². The average molecular weight is 212 g/mol. The van der Waals surface area contributed by atoms with Crippen molar-refractivity contribution < 1.29 is 22.3 Å². The summed E-state index contributed by atoms with van der Waals surface area (Å²) >= 11 is 3.55. The Balaban J connectivity index is 3.01. The molecular formula is C7H4F4OS. The van der Waals surface area contributed by atoms with E-state index >= 15 is 0 Å². The minimum Gasteiger partial charge on any atom is -0.432 e. The second-order valence-corrected chi connectivity index (χ2v) is 2.59. The lowest BCUT2D eigenvalue weighted by atomic mass is 10.3. The van der Waals surface area contributed by atoms with E-state index < -0.39 is 24.0 Å². The van der Waals surface area contributed by atoms with E-state index in [0.717, 1.165) is 0 Å². The van der Waals surface area contributed by atoms with Crippen LogP contribution in [0.15, 0.2) is 17.0 Å². The van der Waals surface area contributed by atoms with E-state index in [1.165, 1.54) is 0 Å². The van der Waals surface area contributed by atoms with Crippen molar-refractivity contribution in [3.8, 4) is 5.75 Å². The van der Waals surface area contributed by atoms with E-state index in [2.05, 4.69) is 17.4 Å². The Morgan fingerprint density at radius 3 is 2.31 bits per heavy atom. The number of thiol groups is 1. The molecule has 0 spiro atoms. The Labute approximate surface area is 76.7 Å². The summed E-state index contributed by atoms with van der Waals surface area (Å²) in [5, 5.41) is 0. The topological polar surface area (TPSA) is 9.23 Å². The molecule has 1 aromatic rings. The molecule has 0 aliphatic carbocycles. The van der Waals surface area contributed by atoms with E-state index in [1.54, 1.807) is 0 Å². The van der Waals surface area contributed by atoms with Crippen LogP contribution in [-0.4, -0.2) is 6.61 Å². The van der Waals surface area contributed by atoms with Crippen LogP contribution in [0.1, 0.15) is 0 Å². The van der Waals surface area contributed by atoms with Crippen LogP contribution >= 0.6 is 12.6 Å². The van der Waals surface area contributed by atoms with Crippen LogP contribution in [0, 0.1) is 11.6 Å². The van der Waals surface area contributed by atoms with Gasteiger partial charge in [0.15, 0.2) is 11.6 Å². The molecule has 0 unspecified atom stereocenters. The molecule has 0 radical (unpaired) electrons. The average Bonchev–Trinajstić information content (AvgIpc) is 1.99. The maximum atomic E-state index is 12.7. The lowest BCUT2D eigenvalue weighted by molar-refractivity contribution is -0.0524. The van der Waals surface area contributed by atoms with Gasteiger partial charge in [0.2, 0.25) is 0 Å². The maximum Gasteiger partial charge on any atom is 0.387 e. The van der Waals surface area contributed by atoms with Crippen LogP contribution < -0.4 is 4.74 Å². The highest BCUT2D eigenvalue weighted by molar-refractivity contribution is 7.80. The number of halogens is 4.